The summed E-state index contributed by atoms with van der Waals surface area (Å²) in [5.74, 6) is 0.117. The Hall–Kier alpha value is -3.05. The van der Waals surface area contributed by atoms with Gasteiger partial charge in [-0.05, 0) is 12.1 Å². The summed E-state index contributed by atoms with van der Waals surface area (Å²) < 4.78 is 63.4. The number of hydrogen-bond acceptors (Lipinski definition) is 6. The second-order valence-electron chi connectivity index (χ2n) is 5.70. The monoisotopic (exact) mass is 409 g/mol. The predicted molar refractivity (Wildman–Crippen MR) is 96.4 cm³/mol. The van der Waals surface area contributed by atoms with Crippen LogP contribution in [0.5, 0.6) is 0 Å². The van der Waals surface area contributed by atoms with Crippen molar-refractivity contribution >= 4 is 16.0 Å². The van der Waals surface area contributed by atoms with Crippen LogP contribution in [0.1, 0.15) is 0 Å². The number of nitrogens with one attached hydrogen (secondary N) is 1. The highest BCUT2D eigenvalue weighted by molar-refractivity contribution is 7.89. The number of nitrogens with zero attached hydrogens (tertiary/aromatic N) is 3. The third-order valence-electron chi connectivity index (χ3n) is 3.68. The second-order valence-corrected chi connectivity index (χ2v) is 7.43. The van der Waals surface area contributed by atoms with Crippen LogP contribution in [-0.2, 0) is 10.0 Å². The molecule has 1 aromatic carbocycles. The van der Waals surface area contributed by atoms with Crippen molar-refractivity contribution in [3.8, 4) is 22.4 Å². The van der Waals surface area contributed by atoms with Crippen LogP contribution in [0.25, 0.3) is 22.4 Å². The van der Waals surface area contributed by atoms with Crippen LogP contribution in [-0.4, -0.2) is 36.1 Å². The maximum Gasteiger partial charge on any atom is 0.402 e. The zero-order valence-electron chi connectivity index (χ0n) is 14.2. The molecule has 3 aromatic rings. The molecule has 0 saturated heterocycles. The van der Waals surface area contributed by atoms with Gasteiger partial charge in [-0.3, -0.25) is 4.98 Å². The largest absolute Gasteiger partial charge is 0.402 e. The van der Waals surface area contributed by atoms with Gasteiger partial charge in [0.05, 0.1) is 10.6 Å². The van der Waals surface area contributed by atoms with E-state index < -0.39 is 22.7 Å². The van der Waals surface area contributed by atoms with Crippen molar-refractivity contribution in [1.29, 1.82) is 0 Å². The van der Waals surface area contributed by atoms with Gasteiger partial charge in [0.25, 0.3) is 0 Å². The van der Waals surface area contributed by atoms with Crippen molar-refractivity contribution in [2.75, 3.05) is 12.3 Å². The average Bonchev–Trinajstić information content (AvgIpc) is 2.67. The molecule has 146 valence electrons. The minimum Gasteiger partial charge on any atom is -0.368 e. The van der Waals surface area contributed by atoms with E-state index in [1.165, 1.54) is 36.8 Å². The van der Waals surface area contributed by atoms with Crippen LogP contribution in [0.4, 0.5) is 19.1 Å². The Balaban J connectivity index is 1.93. The second kappa shape index (κ2) is 7.52. The fourth-order valence-electron chi connectivity index (χ4n) is 2.39. The molecule has 11 heteroatoms. The first-order chi connectivity index (χ1) is 13.2. The van der Waals surface area contributed by atoms with Gasteiger partial charge >= 0.3 is 6.18 Å². The average molecular weight is 409 g/mol. The summed E-state index contributed by atoms with van der Waals surface area (Å²) in [5.41, 5.74) is 7.22. The van der Waals surface area contributed by atoms with E-state index in [9.17, 15) is 21.6 Å². The minimum atomic E-state index is -4.66. The van der Waals surface area contributed by atoms with E-state index in [-0.39, 0.29) is 16.4 Å². The van der Waals surface area contributed by atoms with E-state index in [4.69, 9.17) is 5.73 Å². The molecule has 0 radical (unpaired) electrons. The van der Waals surface area contributed by atoms with Crippen molar-refractivity contribution in [3.63, 3.8) is 0 Å². The molecule has 0 atom stereocenters. The zero-order chi connectivity index (χ0) is 20.4. The number of nitrogen functional groups attached to an aromatic ring is 1. The first kappa shape index (κ1) is 19.7. The zero-order valence-corrected chi connectivity index (χ0v) is 15.0. The molecule has 28 heavy (non-hydrogen) atoms. The molecule has 2 aromatic heterocycles. The Labute approximate surface area is 158 Å². The van der Waals surface area contributed by atoms with E-state index in [0.717, 1.165) is 0 Å². The number of nitrogens with two attached hydrogens (primary N) is 1. The molecule has 3 N–H and O–H groups in total. The minimum absolute atomic E-state index is 0.117. The molecule has 0 aliphatic carbocycles. The summed E-state index contributed by atoms with van der Waals surface area (Å²) >= 11 is 0. The molecule has 0 spiro atoms. The van der Waals surface area contributed by atoms with E-state index in [1.54, 1.807) is 22.9 Å². The van der Waals surface area contributed by atoms with Crippen LogP contribution >= 0.6 is 0 Å². The highest BCUT2D eigenvalue weighted by Crippen LogP contribution is 2.28. The number of aromatic nitrogens is 3. The molecule has 0 unspecified atom stereocenters. The maximum atomic E-state index is 12.4. The fraction of sp³-hybridized carbons (Fsp3) is 0.118. The molecule has 0 bridgehead atoms. The lowest BCUT2D eigenvalue weighted by molar-refractivity contribution is -0.121. The summed E-state index contributed by atoms with van der Waals surface area (Å²) in [7, 11) is -4.37. The van der Waals surface area contributed by atoms with Gasteiger partial charge in [-0.15, -0.1) is 0 Å². The van der Waals surface area contributed by atoms with Crippen molar-refractivity contribution in [2.24, 2.45) is 0 Å². The number of rotatable bonds is 5. The molecule has 0 saturated carbocycles. The lowest BCUT2D eigenvalue weighted by atomic mass is 10.1. The molecule has 0 aliphatic heterocycles. The summed E-state index contributed by atoms with van der Waals surface area (Å²) in [5, 5.41) is 0. The highest BCUT2D eigenvalue weighted by atomic mass is 32.2. The predicted octanol–water partition coefficient (Wildman–Crippen LogP) is 2.63. The van der Waals surface area contributed by atoms with Crippen molar-refractivity contribution < 1.29 is 21.6 Å². The molecular formula is C17H14F3N5O2S. The number of anilines is 1. The first-order valence-corrected chi connectivity index (χ1v) is 9.34. The topological polar surface area (TPSA) is 111 Å². The summed E-state index contributed by atoms with van der Waals surface area (Å²) in [6.07, 6.45) is -0.260. The Kier molecular flexibility index (Phi) is 5.29. The molecular weight excluding hydrogens is 395 g/mol. The van der Waals surface area contributed by atoms with Gasteiger partial charge < -0.3 is 5.73 Å². The normalized spacial score (nSPS) is 12.1. The van der Waals surface area contributed by atoms with Crippen molar-refractivity contribution in [1.82, 2.24) is 19.7 Å². The Morgan fingerprint density at radius 1 is 0.929 bits per heavy atom. The van der Waals surface area contributed by atoms with Gasteiger partial charge in [0.2, 0.25) is 16.0 Å². The molecule has 0 amide bonds. The number of halogens is 3. The van der Waals surface area contributed by atoms with Crippen molar-refractivity contribution in [3.05, 3.63) is 55.0 Å². The van der Waals surface area contributed by atoms with Crippen LogP contribution in [0.15, 0.2) is 59.9 Å². The molecule has 0 fully saturated rings. The Morgan fingerprint density at radius 2 is 1.57 bits per heavy atom. The smallest absolute Gasteiger partial charge is 0.368 e. The summed E-state index contributed by atoms with van der Waals surface area (Å²) in [6.45, 7) is -1.65. The van der Waals surface area contributed by atoms with E-state index in [1.807, 2.05) is 0 Å². The van der Waals surface area contributed by atoms with E-state index in [0.29, 0.717) is 16.8 Å². The lowest BCUT2D eigenvalue weighted by Crippen LogP contribution is -2.34. The molecule has 2 heterocycles. The third-order valence-corrected chi connectivity index (χ3v) is 5.14. The number of benzene rings is 1. The fourth-order valence-corrected chi connectivity index (χ4v) is 3.63. The van der Waals surface area contributed by atoms with Crippen LogP contribution < -0.4 is 10.5 Å². The van der Waals surface area contributed by atoms with Crippen molar-refractivity contribution in [2.45, 2.75) is 11.1 Å². The third kappa shape index (κ3) is 4.61. The van der Waals surface area contributed by atoms with Gasteiger partial charge in [-0.25, -0.2) is 23.1 Å². The Morgan fingerprint density at radius 3 is 2.18 bits per heavy atom. The SMILES string of the molecule is Nc1ncc(-c2ccc(-c3ccccc3S(=O)(=O)NCC(F)(F)F)cn2)cn1. The lowest BCUT2D eigenvalue weighted by Gasteiger charge is -2.13. The summed E-state index contributed by atoms with van der Waals surface area (Å²) in [6, 6.07) is 8.97. The number of alkyl halides is 3. The van der Waals surface area contributed by atoms with Gasteiger partial charge in [0.1, 0.15) is 6.54 Å². The summed E-state index contributed by atoms with van der Waals surface area (Å²) in [4.78, 5) is 11.7. The van der Waals surface area contributed by atoms with Crippen LogP contribution in [0.2, 0.25) is 0 Å². The van der Waals surface area contributed by atoms with Crippen LogP contribution in [0.3, 0.4) is 0 Å². The quantitative estimate of drug-likeness (QED) is 0.670. The van der Waals surface area contributed by atoms with Gasteiger partial charge in [-0.1, -0.05) is 24.3 Å². The van der Waals surface area contributed by atoms with Gasteiger partial charge in [-0.2, -0.15) is 13.2 Å². The number of hydrogen-bond donors (Lipinski definition) is 2. The number of pyridine rings is 1. The van der Waals surface area contributed by atoms with Gasteiger partial charge in [0, 0.05) is 35.3 Å². The van der Waals surface area contributed by atoms with E-state index >= 15 is 0 Å². The highest BCUT2D eigenvalue weighted by Gasteiger charge is 2.30. The Bertz CT molecular complexity index is 1070. The number of sulfonamides is 1. The molecule has 7 nitrogen and oxygen atoms in total. The standard InChI is InChI=1S/C17H14F3N5O2S/c18-17(19,20)10-25-28(26,27)15-4-2-1-3-13(15)11-5-6-14(22-7-11)12-8-23-16(21)24-9-12/h1-9,25H,10H2,(H2,21,23,24). The molecule has 0 aliphatic rings. The first-order valence-electron chi connectivity index (χ1n) is 7.85. The van der Waals surface area contributed by atoms with Gasteiger partial charge in [0.15, 0.2) is 0 Å². The molecule has 3 rings (SSSR count). The van der Waals surface area contributed by atoms with E-state index in [2.05, 4.69) is 15.0 Å². The maximum absolute atomic E-state index is 12.4. The van der Waals surface area contributed by atoms with Crippen LogP contribution in [0, 0.1) is 0 Å².